The van der Waals surface area contributed by atoms with Crippen molar-refractivity contribution in [1.82, 2.24) is 4.90 Å². The number of amides is 1. The standard InChI is InChI=1S/C18H21NO4S/c1-2-24(21,22)15-10-8-14(9-11-15)18(20)19-12-4-3-6-16(19)17-7-5-13-23-17/h5,7-11,13,16H,2-4,6,12H2,1H3. The van der Waals surface area contributed by atoms with Crippen molar-refractivity contribution >= 4 is 15.7 Å². The van der Waals surface area contributed by atoms with Gasteiger partial charge < -0.3 is 9.32 Å². The number of hydrogen-bond acceptors (Lipinski definition) is 4. The molecule has 0 aliphatic carbocycles. The third-order valence-electron chi connectivity index (χ3n) is 4.48. The van der Waals surface area contributed by atoms with Crippen LogP contribution in [-0.2, 0) is 9.84 Å². The summed E-state index contributed by atoms with van der Waals surface area (Å²) in [6.07, 6.45) is 4.52. The number of carbonyl (C=O) groups is 1. The molecule has 1 atom stereocenters. The van der Waals surface area contributed by atoms with Gasteiger partial charge in [-0.05, 0) is 55.7 Å². The fourth-order valence-corrected chi connectivity index (χ4v) is 3.97. The molecule has 0 N–H and O–H groups in total. The molecule has 128 valence electrons. The van der Waals surface area contributed by atoms with Crippen molar-refractivity contribution in [2.45, 2.75) is 37.1 Å². The predicted molar refractivity (Wildman–Crippen MR) is 90.5 cm³/mol. The highest BCUT2D eigenvalue weighted by molar-refractivity contribution is 7.91. The van der Waals surface area contributed by atoms with Crippen LogP contribution >= 0.6 is 0 Å². The zero-order chi connectivity index (χ0) is 17.2. The minimum Gasteiger partial charge on any atom is -0.467 e. The summed E-state index contributed by atoms with van der Waals surface area (Å²) < 4.78 is 29.3. The first-order valence-corrected chi connectivity index (χ1v) is 9.85. The van der Waals surface area contributed by atoms with Gasteiger partial charge in [-0.3, -0.25) is 4.79 Å². The molecule has 0 bridgehead atoms. The molecule has 1 aliphatic rings. The van der Waals surface area contributed by atoms with E-state index in [1.165, 1.54) is 12.1 Å². The van der Waals surface area contributed by atoms with Crippen LogP contribution < -0.4 is 0 Å². The van der Waals surface area contributed by atoms with E-state index in [2.05, 4.69) is 0 Å². The molecule has 1 aromatic carbocycles. The maximum Gasteiger partial charge on any atom is 0.254 e. The molecule has 1 unspecified atom stereocenters. The van der Waals surface area contributed by atoms with Crippen LogP contribution in [0.1, 0.15) is 48.3 Å². The van der Waals surface area contributed by atoms with Gasteiger partial charge in [0.15, 0.2) is 9.84 Å². The summed E-state index contributed by atoms with van der Waals surface area (Å²) in [6.45, 7) is 2.29. The minimum absolute atomic E-state index is 0.0486. The molecule has 5 nitrogen and oxygen atoms in total. The zero-order valence-corrected chi connectivity index (χ0v) is 14.5. The molecule has 3 rings (SSSR count). The highest BCUT2D eigenvalue weighted by Crippen LogP contribution is 2.32. The Morgan fingerprint density at radius 3 is 2.58 bits per heavy atom. The average molecular weight is 347 g/mol. The van der Waals surface area contributed by atoms with E-state index in [1.54, 1.807) is 25.3 Å². The molecule has 1 amide bonds. The van der Waals surface area contributed by atoms with Crippen molar-refractivity contribution in [3.8, 4) is 0 Å². The molecule has 1 aromatic heterocycles. The summed E-state index contributed by atoms with van der Waals surface area (Å²) in [6, 6.07) is 9.89. The Kier molecular flexibility index (Phi) is 4.76. The van der Waals surface area contributed by atoms with E-state index in [9.17, 15) is 13.2 Å². The number of hydrogen-bond donors (Lipinski definition) is 0. The Hall–Kier alpha value is -2.08. The van der Waals surface area contributed by atoms with Crippen LogP contribution in [0, 0.1) is 0 Å². The molecule has 1 saturated heterocycles. The van der Waals surface area contributed by atoms with Crippen molar-refractivity contribution in [2.75, 3.05) is 12.3 Å². The van der Waals surface area contributed by atoms with E-state index in [0.717, 1.165) is 25.0 Å². The van der Waals surface area contributed by atoms with Crippen molar-refractivity contribution < 1.29 is 17.6 Å². The SMILES string of the molecule is CCS(=O)(=O)c1ccc(C(=O)N2CCCCC2c2ccco2)cc1. The summed E-state index contributed by atoms with van der Waals surface area (Å²) in [5.74, 6) is 0.761. The van der Waals surface area contributed by atoms with Crippen LogP contribution in [0.2, 0.25) is 0 Å². The number of benzene rings is 1. The summed E-state index contributed by atoms with van der Waals surface area (Å²) in [5.41, 5.74) is 0.503. The van der Waals surface area contributed by atoms with E-state index in [0.29, 0.717) is 12.1 Å². The summed E-state index contributed by atoms with van der Waals surface area (Å²) in [7, 11) is -3.25. The second kappa shape index (κ2) is 6.81. The maximum absolute atomic E-state index is 12.9. The largest absolute Gasteiger partial charge is 0.467 e. The lowest BCUT2D eigenvalue weighted by atomic mass is 9.99. The zero-order valence-electron chi connectivity index (χ0n) is 13.6. The van der Waals surface area contributed by atoms with Gasteiger partial charge in [0.2, 0.25) is 0 Å². The van der Waals surface area contributed by atoms with Crippen LogP contribution in [0.5, 0.6) is 0 Å². The van der Waals surface area contributed by atoms with Crippen LogP contribution in [-0.4, -0.2) is 31.5 Å². The van der Waals surface area contributed by atoms with Crippen LogP contribution in [0.3, 0.4) is 0 Å². The van der Waals surface area contributed by atoms with E-state index >= 15 is 0 Å². The number of rotatable bonds is 4. The first-order valence-electron chi connectivity index (χ1n) is 8.20. The van der Waals surface area contributed by atoms with Gasteiger partial charge in [0.25, 0.3) is 5.91 Å². The second-order valence-electron chi connectivity index (χ2n) is 5.95. The van der Waals surface area contributed by atoms with Crippen molar-refractivity contribution in [3.63, 3.8) is 0 Å². The van der Waals surface area contributed by atoms with Gasteiger partial charge in [0.1, 0.15) is 5.76 Å². The monoisotopic (exact) mass is 347 g/mol. The Morgan fingerprint density at radius 2 is 1.96 bits per heavy atom. The van der Waals surface area contributed by atoms with Crippen LogP contribution in [0.25, 0.3) is 0 Å². The van der Waals surface area contributed by atoms with E-state index < -0.39 is 9.84 Å². The van der Waals surface area contributed by atoms with Gasteiger partial charge in [-0.2, -0.15) is 0 Å². The molecule has 1 fully saturated rings. The van der Waals surface area contributed by atoms with Crippen LogP contribution in [0.4, 0.5) is 0 Å². The predicted octanol–water partition coefficient (Wildman–Crippen LogP) is 3.44. The smallest absolute Gasteiger partial charge is 0.254 e. The van der Waals surface area contributed by atoms with E-state index in [-0.39, 0.29) is 22.6 Å². The fourth-order valence-electron chi connectivity index (χ4n) is 3.09. The molecule has 0 spiro atoms. The van der Waals surface area contributed by atoms with Gasteiger partial charge in [-0.15, -0.1) is 0 Å². The third-order valence-corrected chi connectivity index (χ3v) is 6.23. The van der Waals surface area contributed by atoms with Gasteiger partial charge >= 0.3 is 0 Å². The molecular formula is C18H21NO4S. The number of furan rings is 1. The average Bonchev–Trinajstić information content (AvgIpc) is 3.16. The van der Waals surface area contributed by atoms with Crippen molar-refractivity contribution in [2.24, 2.45) is 0 Å². The Balaban J connectivity index is 1.84. The molecule has 1 aliphatic heterocycles. The number of sulfone groups is 1. The van der Waals surface area contributed by atoms with Gasteiger partial charge in [0.05, 0.1) is 23.0 Å². The normalized spacial score (nSPS) is 18.5. The third kappa shape index (κ3) is 3.24. The fraction of sp³-hybridized carbons (Fsp3) is 0.389. The first-order chi connectivity index (χ1) is 11.5. The summed E-state index contributed by atoms with van der Waals surface area (Å²) >= 11 is 0. The lowest BCUT2D eigenvalue weighted by molar-refractivity contribution is 0.0580. The second-order valence-corrected chi connectivity index (χ2v) is 8.23. The molecule has 0 radical (unpaired) electrons. The van der Waals surface area contributed by atoms with E-state index in [4.69, 9.17) is 4.42 Å². The van der Waals surface area contributed by atoms with Crippen LogP contribution in [0.15, 0.2) is 52.0 Å². The molecule has 0 saturated carbocycles. The quantitative estimate of drug-likeness (QED) is 0.850. The number of likely N-dealkylation sites (tertiary alicyclic amines) is 1. The Labute approximate surface area is 142 Å². The maximum atomic E-state index is 12.9. The first kappa shape index (κ1) is 16.8. The molecular weight excluding hydrogens is 326 g/mol. The lowest BCUT2D eigenvalue weighted by Crippen LogP contribution is -2.38. The van der Waals surface area contributed by atoms with Crippen molar-refractivity contribution in [1.29, 1.82) is 0 Å². The lowest BCUT2D eigenvalue weighted by Gasteiger charge is -2.34. The van der Waals surface area contributed by atoms with E-state index in [1.807, 2.05) is 17.0 Å². The van der Waals surface area contributed by atoms with Gasteiger partial charge in [-0.1, -0.05) is 6.92 Å². The van der Waals surface area contributed by atoms with Gasteiger partial charge in [-0.25, -0.2) is 8.42 Å². The van der Waals surface area contributed by atoms with Gasteiger partial charge in [0, 0.05) is 12.1 Å². The summed E-state index contributed by atoms with van der Waals surface area (Å²) in [4.78, 5) is 14.9. The number of nitrogens with zero attached hydrogens (tertiary/aromatic N) is 1. The Bertz CT molecular complexity index is 794. The molecule has 2 heterocycles. The topological polar surface area (TPSA) is 67.6 Å². The molecule has 6 heteroatoms. The molecule has 24 heavy (non-hydrogen) atoms. The molecule has 2 aromatic rings. The highest BCUT2D eigenvalue weighted by Gasteiger charge is 2.30. The Morgan fingerprint density at radius 1 is 1.21 bits per heavy atom. The number of piperidine rings is 1. The number of carbonyl (C=O) groups excluding carboxylic acids is 1. The highest BCUT2D eigenvalue weighted by atomic mass is 32.2. The van der Waals surface area contributed by atoms with Crippen molar-refractivity contribution in [3.05, 3.63) is 54.0 Å². The summed E-state index contributed by atoms with van der Waals surface area (Å²) in [5, 5.41) is 0. The minimum atomic E-state index is -3.25.